The summed E-state index contributed by atoms with van der Waals surface area (Å²) < 4.78 is 0. The summed E-state index contributed by atoms with van der Waals surface area (Å²) in [6.07, 6.45) is 4.21. The monoisotopic (exact) mass is 261 g/mol. The molecule has 3 rings (SSSR count). The third-order valence-corrected chi connectivity index (χ3v) is 4.14. The molecule has 0 unspecified atom stereocenters. The SMILES string of the molecule is ClCC1CCN(c2cnnc3ccccc23)CC1. The molecule has 4 heteroatoms. The van der Waals surface area contributed by atoms with Gasteiger partial charge in [-0.1, -0.05) is 18.2 Å². The largest absolute Gasteiger partial charge is 0.370 e. The van der Waals surface area contributed by atoms with E-state index >= 15 is 0 Å². The molecule has 2 aromatic rings. The highest BCUT2D eigenvalue weighted by Gasteiger charge is 2.20. The fourth-order valence-corrected chi connectivity index (χ4v) is 2.88. The number of rotatable bonds is 2. The van der Waals surface area contributed by atoms with E-state index in [-0.39, 0.29) is 0 Å². The smallest absolute Gasteiger partial charge is 0.0950 e. The maximum absolute atomic E-state index is 5.93. The predicted octanol–water partition coefficient (Wildman–Crippen LogP) is 3.09. The van der Waals surface area contributed by atoms with Crippen molar-refractivity contribution in [1.82, 2.24) is 10.2 Å². The van der Waals surface area contributed by atoms with Crippen molar-refractivity contribution in [2.24, 2.45) is 5.92 Å². The summed E-state index contributed by atoms with van der Waals surface area (Å²) in [7, 11) is 0. The first-order valence-electron chi connectivity index (χ1n) is 6.40. The number of halogens is 1. The molecule has 0 N–H and O–H groups in total. The van der Waals surface area contributed by atoms with Crippen LogP contribution in [0.15, 0.2) is 30.5 Å². The molecule has 0 saturated carbocycles. The lowest BCUT2D eigenvalue weighted by Crippen LogP contribution is -2.34. The molecule has 2 heterocycles. The van der Waals surface area contributed by atoms with Crippen molar-refractivity contribution in [3.63, 3.8) is 0 Å². The van der Waals surface area contributed by atoms with Gasteiger partial charge in [0, 0.05) is 24.4 Å². The zero-order chi connectivity index (χ0) is 12.4. The molecular weight excluding hydrogens is 246 g/mol. The topological polar surface area (TPSA) is 29.0 Å². The molecule has 18 heavy (non-hydrogen) atoms. The number of benzene rings is 1. The first-order chi connectivity index (χ1) is 8.88. The Labute approximate surface area is 112 Å². The number of fused-ring (bicyclic) bond motifs is 1. The minimum Gasteiger partial charge on any atom is -0.370 e. The van der Waals surface area contributed by atoms with E-state index in [0.717, 1.165) is 24.5 Å². The van der Waals surface area contributed by atoms with Crippen LogP contribution >= 0.6 is 11.6 Å². The minimum absolute atomic E-state index is 0.670. The lowest BCUT2D eigenvalue weighted by molar-refractivity contribution is 0.443. The van der Waals surface area contributed by atoms with Gasteiger partial charge in [0.15, 0.2) is 0 Å². The van der Waals surface area contributed by atoms with Gasteiger partial charge in [-0.2, -0.15) is 10.2 Å². The molecule has 0 radical (unpaired) electrons. The van der Waals surface area contributed by atoms with E-state index in [1.807, 2.05) is 18.3 Å². The molecule has 1 aromatic carbocycles. The van der Waals surface area contributed by atoms with Gasteiger partial charge in [0.1, 0.15) is 0 Å². The quantitative estimate of drug-likeness (QED) is 0.778. The van der Waals surface area contributed by atoms with Gasteiger partial charge in [-0.3, -0.25) is 0 Å². The third-order valence-electron chi connectivity index (χ3n) is 3.70. The summed E-state index contributed by atoms with van der Waals surface area (Å²) in [6, 6.07) is 8.18. The number of hydrogen-bond acceptors (Lipinski definition) is 3. The van der Waals surface area contributed by atoms with E-state index in [0.29, 0.717) is 5.92 Å². The maximum Gasteiger partial charge on any atom is 0.0950 e. The van der Waals surface area contributed by atoms with E-state index in [9.17, 15) is 0 Å². The van der Waals surface area contributed by atoms with Gasteiger partial charge in [-0.15, -0.1) is 11.6 Å². The van der Waals surface area contributed by atoms with Gasteiger partial charge in [-0.05, 0) is 24.8 Å². The number of alkyl halides is 1. The standard InChI is InChI=1S/C14H16ClN3/c15-9-11-5-7-18(8-6-11)14-10-16-17-13-4-2-1-3-12(13)14/h1-4,10-11H,5-9H2. The lowest BCUT2D eigenvalue weighted by atomic mass is 9.98. The first kappa shape index (κ1) is 11.7. The minimum atomic E-state index is 0.670. The summed E-state index contributed by atoms with van der Waals surface area (Å²) >= 11 is 5.93. The molecule has 94 valence electrons. The number of piperidine rings is 1. The van der Waals surface area contributed by atoms with Gasteiger partial charge < -0.3 is 4.90 Å². The molecular formula is C14H16ClN3. The second-order valence-corrected chi connectivity index (χ2v) is 5.14. The van der Waals surface area contributed by atoms with E-state index in [1.165, 1.54) is 23.9 Å². The summed E-state index contributed by atoms with van der Waals surface area (Å²) in [6.45, 7) is 2.13. The van der Waals surface area contributed by atoms with Crippen LogP contribution in [-0.4, -0.2) is 29.2 Å². The Balaban J connectivity index is 1.91. The van der Waals surface area contributed by atoms with E-state index in [2.05, 4.69) is 27.2 Å². The van der Waals surface area contributed by atoms with Gasteiger partial charge in [0.05, 0.1) is 17.4 Å². The van der Waals surface area contributed by atoms with Crippen molar-refractivity contribution >= 4 is 28.2 Å². The van der Waals surface area contributed by atoms with Crippen LogP contribution in [0.4, 0.5) is 5.69 Å². The normalized spacial score (nSPS) is 17.3. The second kappa shape index (κ2) is 5.11. The first-order valence-corrected chi connectivity index (χ1v) is 6.93. The Morgan fingerprint density at radius 1 is 1.22 bits per heavy atom. The highest BCUT2D eigenvalue weighted by Crippen LogP contribution is 2.28. The molecule has 0 spiro atoms. The molecule has 3 nitrogen and oxygen atoms in total. The van der Waals surface area contributed by atoms with Crippen LogP contribution in [0.2, 0.25) is 0 Å². The molecule has 0 bridgehead atoms. The number of anilines is 1. The fraction of sp³-hybridized carbons (Fsp3) is 0.429. The van der Waals surface area contributed by atoms with E-state index < -0.39 is 0 Å². The zero-order valence-electron chi connectivity index (χ0n) is 10.2. The van der Waals surface area contributed by atoms with Crippen LogP contribution in [0.5, 0.6) is 0 Å². The predicted molar refractivity (Wildman–Crippen MR) is 75.2 cm³/mol. The summed E-state index contributed by atoms with van der Waals surface area (Å²) in [4.78, 5) is 2.40. The Morgan fingerprint density at radius 2 is 2.00 bits per heavy atom. The average Bonchev–Trinajstić information content (AvgIpc) is 2.47. The van der Waals surface area contributed by atoms with E-state index in [4.69, 9.17) is 11.6 Å². The van der Waals surface area contributed by atoms with Crippen LogP contribution in [0.1, 0.15) is 12.8 Å². The molecule has 1 aliphatic rings. The molecule has 1 aromatic heterocycles. The number of hydrogen-bond donors (Lipinski definition) is 0. The van der Waals surface area contributed by atoms with Crippen LogP contribution < -0.4 is 4.90 Å². The lowest BCUT2D eigenvalue weighted by Gasteiger charge is -2.33. The van der Waals surface area contributed by atoms with Gasteiger partial charge in [0.25, 0.3) is 0 Å². The molecule has 0 aliphatic carbocycles. The fourth-order valence-electron chi connectivity index (χ4n) is 2.57. The van der Waals surface area contributed by atoms with Crippen molar-refractivity contribution in [3.8, 4) is 0 Å². The Bertz CT molecular complexity index is 530. The van der Waals surface area contributed by atoms with Gasteiger partial charge in [0.2, 0.25) is 0 Å². The molecule has 1 fully saturated rings. The average molecular weight is 262 g/mol. The van der Waals surface area contributed by atoms with Crippen LogP contribution in [0.25, 0.3) is 10.9 Å². The van der Waals surface area contributed by atoms with Crippen molar-refractivity contribution in [1.29, 1.82) is 0 Å². The molecule has 1 saturated heterocycles. The van der Waals surface area contributed by atoms with Gasteiger partial charge in [-0.25, -0.2) is 0 Å². The highest BCUT2D eigenvalue weighted by molar-refractivity contribution is 6.18. The zero-order valence-corrected chi connectivity index (χ0v) is 11.0. The Hall–Kier alpha value is -1.35. The maximum atomic E-state index is 5.93. The Morgan fingerprint density at radius 3 is 2.78 bits per heavy atom. The Kier molecular flexibility index (Phi) is 3.33. The second-order valence-electron chi connectivity index (χ2n) is 4.83. The molecule has 1 aliphatic heterocycles. The van der Waals surface area contributed by atoms with Crippen LogP contribution in [0.3, 0.4) is 0 Å². The van der Waals surface area contributed by atoms with Crippen LogP contribution in [-0.2, 0) is 0 Å². The van der Waals surface area contributed by atoms with Crippen molar-refractivity contribution in [3.05, 3.63) is 30.5 Å². The summed E-state index contributed by atoms with van der Waals surface area (Å²) in [5.74, 6) is 1.45. The van der Waals surface area contributed by atoms with Crippen molar-refractivity contribution in [2.75, 3.05) is 23.9 Å². The third kappa shape index (κ3) is 2.15. The molecule has 0 atom stereocenters. The number of nitrogens with zero attached hydrogens (tertiary/aromatic N) is 3. The van der Waals surface area contributed by atoms with E-state index in [1.54, 1.807) is 0 Å². The van der Waals surface area contributed by atoms with Crippen molar-refractivity contribution < 1.29 is 0 Å². The van der Waals surface area contributed by atoms with Crippen molar-refractivity contribution in [2.45, 2.75) is 12.8 Å². The van der Waals surface area contributed by atoms with Crippen LogP contribution in [0, 0.1) is 5.92 Å². The highest BCUT2D eigenvalue weighted by atomic mass is 35.5. The van der Waals surface area contributed by atoms with Gasteiger partial charge >= 0.3 is 0 Å². The summed E-state index contributed by atoms with van der Waals surface area (Å²) in [5, 5.41) is 9.47. The molecule has 0 amide bonds. The summed E-state index contributed by atoms with van der Waals surface area (Å²) in [5.41, 5.74) is 2.17. The number of aromatic nitrogens is 2.